The lowest BCUT2D eigenvalue weighted by atomic mass is 10.0. The average molecular weight is 274 g/mol. The fourth-order valence-corrected chi connectivity index (χ4v) is 1.94. The second-order valence-electron chi connectivity index (χ2n) is 3.53. The fraction of sp³-hybridized carbons (Fsp3) is 0.182. The number of nitrogens with one attached hydrogen (secondary N) is 1. The van der Waals surface area contributed by atoms with E-state index < -0.39 is 11.0 Å². The minimum Gasteiger partial charge on any atom is -0.497 e. The monoisotopic (exact) mass is 273 g/mol. The maximum atomic E-state index is 11.1. The van der Waals surface area contributed by atoms with E-state index in [-0.39, 0.29) is 5.03 Å². The number of anilines is 1. The normalized spacial score (nSPS) is 22.2. The first-order valence-electron chi connectivity index (χ1n) is 4.73. The van der Waals surface area contributed by atoms with Crippen LogP contribution in [0.5, 0.6) is 5.75 Å². The standard InChI is InChI=1S/C11H9Cl2NO3/c1-17-7-2-3-8-6(4-7)5-9(12)11(13,14-8)10(15)16/h2-5,14H,1H3,(H,15,16). The van der Waals surface area contributed by atoms with Crippen molar-refractivity contribution in [3.63, 3.8) is 0 Å². The molecule has 0 saturated carbocycles. The Morgan fingerprint density at radius 3 is 2.82 bits per heavy atom. The van der Waals surface area contributed by atoms with Gasteiger partial charge in [0.15, 0.2) is 0 Å². The van der Waals surface area contributed by atoms with Gasteiger partial charge in [0, 0.05) is 11.3 Å². The number of ether oxygens (including phenoxy) is 1. The molecule has 0 radical (unpaired) electrons. The molecule has 17 heavy (non-hydrogen) atoms. The zero-order valence-corrected chi connectivity index (χ0v) is 10.3. The third-order valence-corrected chi connectivity index (χ3v) is 3.42. The van der Waals surface area contributed by atoms with Crippen molar-refractivity contribution in [3.05, 3.63) is 28.8 Å². The number of hydrogen-bond donors (Lipinski definition) is 2. The highest BCUT2D eigenvalue weighted by Gasteiger charge is 2.42. The van der Waals surface area contributed by atoms with Gasteiger partial charge in [-0.25, -0.2) is 4.79 Å². The molecule has 1 unspecified atom stereocenters. The summed E-state index contributed by atoms with van der Waals surface area (Å²) in [6, 6.07) is 5.13. The highest BCUT2D eigenvalue weighted by atomic mass is 35.5. The number of alkyl halides is 1. The molecule has 0 aromatic heterocycles. The molecule has 1 atom stereocenters. The van der Waals surface area contributed by atoms with E-state index in [9.17, 15) is 4.79 Å². The summed E-state index contributed by atoms with van der Waals surface area (Å²) in [5.74, 6) is -0.592. The van der Waals surface area contributed by atoms with Gasteiger partial charge in [-0.15, -0.1) is 0 Å². The van der Waals surface area contributed by atoms with Crippen molar-refractivity contribution in [2.75, 3.05) is 12.4 Å². The molecule has 1 aliphatic rings. The number of methoxy groups -OCH3 is 1. The molecule has 1 aliphatic heterocycles. The maximum Gasteiger partial charge on any atom is 0.350 e. The molecule has 1 aromatic rings. The minimum absolute atomic E-state index is 0.00687. The lowest BCUT2D eigenvalue weighted by Gasteiger charge is -2.29. The number of carbonyl (C=O) groups is 1. The van der Waals surface area contributed by atoms with Gasteiger partial charge in [-0.05, 0) is 24.3 Å². The van der Waals surface area contributed by atoms with Crippen LogP contribution in [0.2, 0.25) is 0 Å². The Kier molecular flexibility index (Phi) is 2.93. The molecule has 6 heteroatoms. The van der Waals surface area contributed by atoms with E-state index in [0.29, 0.717) is 11.4 Å². The van der Waals surface area contributed by atoms with E-state index in [1.165, 1.54) is 6.08 Å². The minimum atomic E-state index is -1.80. The molecular weight excluding hydrogens is 265 g/mol. The van der Waals surface area contributed by atoms with Crippen molar-refractivity contribution in [2.24, 2.45) is 0 Å². The molecule has 2 N–H and O–H groups in total. The van der Waals surface area contributed by atoms with Gasteiger partial charge in [-0.2, -0.15) is 0 Å². The molecule has 0 amide bonds. The number of benzene rings is 1. The van der Waals surface area contributed by atoms with Crippen molar-refractivity contribution >= 4 is 40.9 Å². The van der Waals surface area contributed by atoms with Crippen LogP contribution in [0.15, 0.2) is 23.2 Å². The van der Waals surface area contributed by atoms with Crippen molar-refractivity contribution in [3.8, 4) is 5.75 Å². The van der Waals surface area contributed by atoms with Crippen LogP contribution >= 0.6 is 23.2 Å². The van der Waals surface area contributed by atoms with E-state index in [4.69, 9.17) is 33.0 Å². The van der Waals surface area contributed by atoms with Crippen LogP contribution in [0.4, 0.5) is 5.69 Å². The van der Waals surface area contributed by atoms with Crippen LogP contribution in [-0.2, 0) is 4.79 Å². The summed E-state index contributed by atoms with van der Waals surface area (Å²) in [4.78, 5) is 9.27. The van der Waals surface area contributed by atoms with Crippen LogP contribution in [-0.4, -0.2) is 23.2 Å². The zero-order chi connectivity index (χ0) is 12.6. The van der Waals surface area contributed by atoms with Gasteiger partial charge in [-0.1, -0.05) is 23.2 Å². The van der Waals surface area contributed by atoms with Crippen LogP contribution < -0.4 is 10.1 Å². The summed E-state index contributed by atoms with van der Waals surface area (Å²) < 4.78 is 5.07. The largest absolute Gasteiger partial charge is 0.497 e. The Morgan fingerprint density at radius 1 is 1.53 bits per heavy atom. The Bertz CT molecular complexity index is 515. The maximum absolute atomic E-state index is 11.1. The lowest BCUT2D eigenvalue weighted by molar-refractivity contribution is -0.138. The summed E-state index contributed by atoms with van der Waals surface area (Å²) in [7, 11) is 1.55. The van der Waals surface area contributed by atoms with Crippen LogP contribution in [0, 0.1) is 0 Å². The Morgan fingerprint density at radius 2 is 2.24 bits per heavy atom. The Hall–Kier alpha value is -1.39. The number of fused-ring (bicyclic) bond motifs is 1. The number of carboxylic acids is 1. The van der Waals surface area contributed by atoms with E-state index in [2.05, 4.69) is 5.32 Å². The Labute approximate surface area is 108 Å². The molecular formula is C11H9Cl2NO3. The summed E-state index contributed by atoms with van der Waals surface area (Å²) in [6.45, 7) is 0. The van der Waals surface area contributed by atoms with Gasteiger partial charge < -0.3 is 15.2 Å². The Balaban J connectivity index is 2.50. The second kappa shape index (κ2) is 4.13. The van der Waals surface area contributed by atoms with Crippen LogP contribution in [0.25, 0.3) is 6.08 Å². The molecule has 90 valence electrons. The van der Waals surface area contributed by atoms with E-state index in [1.54, 1.807) is 25.3 Å². The quantitative estimate of drug-likeness (QED) is 0.643. The van der Waals surface area contributed by atoms with Gasteiger partial charge >= 0.3 is 5.97 Å². The van der Waals surface area contributed by atoms with Crippen molar-refractivity contribution in [2.45, 2.75) is 5.00 Å². The predicted molar refractivity (Wildman–Crippen MR) is 66.7 cm³/mol. The van der Waals surface area contributed by atoms with Gasteiger partial charge in [0.25, 0.3) is 0 Å². The third-order valence-electron chi connectivity index (χ3n) is 2.47. The molecule has 0 aliphatic carbocycles. The van der Waals surface area contributed by atoms with Crippen molar-refractivity contribution in [1.29, 1.82) is 0 Å². The number of rotatable bonds is 2. The average Bonchev–Trinajstić information content (AvgIpc) is 2.30. The first-order chi connectivity index (χ1) is 7.97. The topological polar surface area (TPSA) is 58.6 Å². The summed E-state index contributed by atoms with van der Waals surface area (Å²) in [6.07, 6.45) is 1.51. The fourth-order valence-electron chi connectivity index (χ4n) is 1.54. The number of aliphatic carboxylic acids is 1. The summed E-state index contributed by atoms with van der Waals surface area (Å²) in [5, 5.41) is 11.7. The van der Waals surface area contributed by atoms with Gasteiger partial charge in [0.1, 0.15) is 5.75 Å². The molecule has 2 rings (SSSR count). The first kappa shape index (κ1) is 12.1. The van der Waals surface area contributed by atoms with Gasteiger partial charge in [0.05, 0.1) is 12.1 Å². The SMILES string of the molecule is COc1ccc2c(c1)C=C(Cl)C(Cl)(C(=O)O)N2. The molecule has 0 saturated heterocycles. The molecule has 0 spiro atoms. The number of hydrogen-bond acceptors (Lipinski definition) is 3. The van der Waals surface area contributed by atoms with Gasteiger partial charge in [0.2, 0.25) is 5.00 Å². The summed E-state index contributed by atoms with van der Waals surface area (Å²) >= 11 is 11.8. The van der Waals surface area contributed by atoms with E-state index >= 15 is 0 Å². The van der Waals surface area contributed by atoms with Gasteiger partial charge in [-0.3, -0.25) is 0 Å². The van der Waals surface area contributed by atoms with Crippen molar-refractivity contribution < 1.29 is 14.6 Å². The second-order valence-corrected chi connectivity index (χ2v) is 4.51. The van der Waals surface area contributed by atoms with E-state index in [0.717, 1.165) is 5.56 Å². The first-order valence-corrected chi connectivity index (χ1v) is 5.49. The third kappa shape index (κ3) is 1.94. The molecule has 1 aromatic carbocycles. The van der Waals surface area contributed by atoms with Crippen LogP contribution in [0.1, 0.15) is 5.56 Å². The zero-order valence-electron chi connectivity index (χ0n) is 8.83. The van der Waals surface area contributed by atoms with Crippen molar-refractivity contribution in [1.82, 2.24) is 0 Å². The highest BCUT2D eigenvalue weighted by molar-refractivity contribution is 6.48. The summed E-state index contributed by atoms with van der Waals surface area (Å²) in [5.41, 5.74) is 1.32. The highest BCUT2D eigenvalue weighted by Crippen LogP contribution is 2.39. The smallest absolute Gasteiger partial charge is 0.350 e. The number of halogens is 2. The van der Waals surface area contributed by atoms with Crippen LogP contribution in [0.3, 0.4) is 0 Å². The lowest BCUT2D eigenvalue weighted by Crippen LogP contribution is -2.42. The molecule has 1 heterocycles. The molecule has 4 nitrogen and oxygen atoms in total. The molecule has 0 bridgehead atoms. The predicted octanol–water partition coefficient (Wildman–Crippen LogP) is 2.72. The molecule has 0 fully saturated rings. The number of carboxylic acid groups (broad SMARTS) is 1. The van der Waals surface area contributed by atoms with E-state index in [1.807, 2.05) is 0 Å².